The summed E-state index contributed by atoms with van der Waals surface area (Å²) in [6.07, 6.45) is 1.94. The van der Waals surface area contributed by atoms with Crippen LogP contribution in [0.4, 0.5) is 0 Å². The highest BCUT2D eigenvalue weighted by Crippen LogP contribution is 2.28. The molecule has 0 aliphatic heterocycles. The molecule has 1 fully saturated rings. The number of aliphatic hydroxyl groups is 1. The topological polar surface area (TPSA) is 57.6 Å². The van der Waals surface area contributed by atoms with Gasteiger partial charge in [-0.25, -0.2) is 8.42 Å². The molecule has 0 heterocycles. The predicted molar refractivity (Wildman–Crippen MR) is 46.3 cm³/mol. The molecule has 1 aliphatic rings. The van der Waals surface area contributed by atoms with Crippen LogP contribution in [0.5, 0.6) is 0 Å². The molecule has 0 bridgehead atoms. The van der Waals surface area contributed by atoms with Gasteiger partial charge < -0.3 is 5.11 Å². The van der Waals surface area contributed by atoms with Gasteiger partial charge in [0.25, 0.3) is 0 Å². The lowest BCUT2D eigenvalue weighted by atomic mass is 10.6. The Morgan fingerprint density at radius 3 is 2.42 bits per heavy atom. The molecule has 4 nitrogen and oxygen atoms in total. The molecule has 0 atom stereocenters. The van der Waals surface area contributed by atoms with Crippen molar-refractivity contribution in [1.82, 2.24) is 4.31 Å². The van der Waals surface area contributed by atoms with E-state index in [0.29, 0.717) is 6.54 Å². The van der Waals surface area contributed by atoms with E-state index < -0.39 is 10.0 Å². The van der Waals surface area contributed by atoms with Gasteiger partial charge in [0.2, 0.25) is 10.0 Å². The van der Waals surface area contributed by atoms with Gasteiger partial charge >= 0.3 is 0 Å². The van der Waals surface area contributed by atoms with E-state index in [0.717, 1.165) is 12.8 Å². The predicted octanol–water partition coefficient (Wildman–Crippen LogP) is -0.207. The summed E-state index contributed by atoms with van der Waals surface area (Å²) >= 11 is 0. The van der Waals surface area contributed by atoms with Crippen LogP contribution in [0.1, 0.15) is 19.8 Å². The SMILES string of the molecule is CCN(C1CC1)S(=O)(=O)CCO. The van der Waals surface area contributed by atoms with E-state index in [-0.39, 0.29) is 18.4 Å². The average Bonchev–Trinajstić information content (AvgIpc) is 2.71. The van der Waals surface area contributed by atoms with E-state index >= 15 is 0 Å². The third-order valence-corrected chi connectivity index (χ3v) is 3.94. The molecule has 1 aliphatic carbocycles. The first-order chi connectivity index (χ1) is 5.61. The third kappa shape index (κ3) is 2.18. The molecule has 0 aromatic heterocycles. The molecule has 1 saturated carbocycles. The zero-order chi connectivity index (χ0) is 9.19. The molecule has 1 N–H and O–H groups in total. The van der Waals surface area contributed by atoms with E-state index in [4.69, 9.17) is 5.11 Å². The summed E-state index contributed by atoms with van der Waals surface area (Å²) in [6, 6.07) is 0.214. The maximum Gasteiger partial charge on any atom is 0.216 e. The van der Waals surface area contributed by atoms with E-state index in [9.17, 15) is 8.42 Å². The van der Waals surface area contributed by atoms with Gasteiger partial charge in [-0.2, -0.15) is 4.31 Å². The summed E-state index contributed by atoms with van der Waals surface area (Å²) in [5, 5.41) is 8.54. The number of aliphatic hydroxyl groups excluding tert-OH is 1. The second-order valence-corrected chi connectivity index (χ2v) is 5.02. The quantitative estimate of drug-likeness (QED) is 0.657. The Bertz CT molecular complexity index is 233. The second-order valence-electron chi connectivity index (χ2n) is 2.97. The van der Waals surface area contributed by atoms with Crippen molar-refractivity contribution in [2.24, 2.45) is 0 Å². The van der Waals surface area contributed by atoms with E-state index in [2.05, 4.69) is 0 Å². The highest BCUT2D eigenvalue weighted by atomic mass is 32.2. The van der Waals surface area contributed by atoms with Gasteiger partial charge in [-0.3, -0.25) is 0 Å². The lowest BCUT2D eigenvalue weighted by molar-refractivity contribution is 0.314. The number of hydrogen-bond donors (Lipinski definition) is 1. The third-order valence-electron chi connectivity index (χ3n) is 1.97. The fourth-order valence-corrected chi connectivity index (χ4v) is 2.80. The van der Waals surface area contributed by atoms with Gasteiger partial charge in [-0.1, -0.05) is 6.92 Å². The summed E-state index contributed by atoms with van der Waals surface area (Å²) in [5.74, 6) is -0.142. The molecular weight excluding hydrogens is 178 g/mol. The molecular formula is C7H15NO3S. The summed E-state index contributed by atoms with van der Waals surface area (Å²) in [4.78, 5) is 0. The van der Waals surface area contributed by atoms with E-state index in [1.165, 1.54) is 4.31 Å². The van der Waals surface area contributed by atoms with Crippen LogP contribution in [-0.2, 0) is 10.0 Å². The van der Waals surface area contributed by atoms with E-state index in [1.54, 1.807) is 0 Å². The monoisotopic (exact) mass is 193 g/mol. The Morgan fingerprint density at radius 2 is 2.08 bits per heavy atom. The molecule has 0 aromatic carbocycles. The Morgan fingerprint density at radius 1 is 1.50 bits per heavy atom. The number of nitrogens with zero attached hydrogens (tertiary/aromatic N) is 1. The van der Waals surface area contributed by atoms with Crippen molar-refractivity contribution in [3.8, 4) is 0 Å². The summed E-state index contributed by atoms with van der Waals surface area (Å²) in [7, 11) is -3.18. The summed E-state index contributed by atoms with van der Waals surface area (Å²) in [6.45, 7) is 2.06. The summed E-state index contributed by atoms with van der Waals surface area (Å²) < 4.78 is 24.3. The normalized spacial score (nSPS) is 18.6. The largest absolute Gasteiger partial charge is 0.395 e. The Hall–Kier alpha value is -0.130. The minimum atomic E-state index is -3.18. The fourth-order valence-electron chi connectivity index (χ4n) is 1.28. The van der Waals surface area contributed by atoms with E-state index in [1.807, 2.05) is 6.92 Å². The van der Waals surface area contributed by atoms with Crippen LogP contribution in [0.25, 0.3) is 0 Å². The minimum absolute atomic E-state index is 0.142. The molecule has 0 unspecified atom stereocenters. The number of sulfonamides is 1. The van der Waals surface area contributed by atoms with Crippen molar-refractivity contribution < 1.29 is 13.5 Å². The van der Waals surface area contributed by atoms with Gasteiger partial charge in [-0.15, -0.1) is 0 Å². The molecule has 1 rings (SSSR count). The average molecular weight is 193 g/mol. The van der Waals surface area contributed by atoms with Crippen LogP contribution in [0.2, 0.25) is 0 Å². The lowest BCUT2D eigenvalue weighted by Crippen LogP contribution is -2.35. The van der Waals surface area contributed by atoms with Gasteiger partial charge in [0.1, 0.15) is 0 Å². The molecule has 72 valence electrons. The number of hydrogen-bond acceptors (Lipinski definition) is 3. The smallest absolute Gasteiger partial charge is 0.216 e. The first kappa shape index (κ1) is 9.95. The molecule has 5 heteroatoms. The fraction of sp³-hybridized carbons (Fsp3) is 1.00. The maximum absolute atomic E-state index is 11.4. The second kappa shape index (κ2) is 3.72. The number of rotatable bonds is 5. The minimum Gasteiger partial charge on any atom is -0.395 e. The van der Waals surface area contributed by atoms with Gasteiger partial charge in [0.05, 0.1) is 12.4 Å². The van der Waals surface area contributed by atoms with Crippen LogP contribution >= 0.6 is 0 Å². The summed E-state index contributed by atoms with van der Waals surface area (Å²) in [5.41, 5.74) is 0. The van der Waals surface area contributed by atoms with Crippen molar-refractivity contribution in [3.63, 3.8) is 0 Å². The van der Waals surface area contributed by atoms with Crippen molar-refractivity contribution >= 4 is 10.0 Å². The molecule has 0 amide bonds. The molecule has 12 heavy (non-hydrogen) atoms. The van der Waals surface area contributed by atoms with Crippen molar-refractivity contribution in [2.45, 2.75) is 25.8 Å². The van der Waals surface area contributed by atoms with Crippen LogP contribution in [-0.4, -0.2) is 42.8 Å². The van der Waals surface area contributed by atoms with Crippen LogP contribution in [0, 0.1) is 0 Å². The molecule has 0 radical (unpaired) electrons. The highest BCUT2D eigenvalue weighted by molar-refractivity contribution is 7.89. The Labute approximate surface area is 73.2 Å². The Kier molecular flexibility index (Phi) is 3.09. The zero-order valence-corrected chi connectivity index (χ0v) is 8.05. The first-order valence-electron chi connectivity index (χ1n) is 4.22. The Balaban J connectivity index is 2.62. The molecule has 0 aromatic rings. The highest BCUT2D eigenvalue weighted by Gasteiger charge is 2.35. The first-order valence-corrected chi connectivity index (χ1v) is 5.83. The van der Waals surface area contributed by atoms with Crippen LogP contribution in [0.3, 0.4) is 0 Å². The standard InChI is InChI=1S/C7H15NO3S/c1-2-8(7-3-4-7)12(10,11)6-5-9/h7,9H,2-6H2,1H3. The van der Waals surface area contributed by atoms with Crippen molar-refractivity contribution in [1.29, 1.82) is 0 Å². The van der Waals surface area contributed by atoms with Crippen molar-refractivity contribution in [2.75, 3.05) is 18.9 Å². The lowest BCUT2D eigenvalue weighted by Gasteiger charge is -2.18. The molecule has 0 saturated heterocycles. The van der Waals surface area contributed by atoms with Gasteiger partial charge in [0.15, 0.2) is 0 Å². The van der Waals surface area contributed by atoms with Gasteiger partial charge in [0, 0.05) is 12.6 Å². The van der Waals surface area contributed by atoms with Crippen LogP contribution in [0.15, 0.2) is 0 Å². The van der Waals surface area contributed by atoms with Crippen LogP contribution < -0.4 is 0 Å². The maximum atomic E-state index is 11.4. The van der Waals surface area contributed by atoms with Gasteiger partial charge in [-0.05, 0) is 12.8 Å². The zero-order valence-electron chi connectivity index (χ0n) is 7.23. The molecule has 0 spiro atoms. The van der Waals surface area contributed by atoms with Crippen molar-refractivity contribution in [3.05, 3.63) is 0 Å².